The third-order valence-electron chi connectivity index (χ3n) is 5.87. The molecule has 2 aromatic rings. The molecule has 0 saturated carbocycles. The first-order chi connectivity index (χ1) is 15.4. The second kappa shape index (κ2) is 9.97. The molecule has 0 bridgehead atoms. The van der Waals surface area contributed by atoms with Gasteiger partial charge in [-0.05, 0) is 33.7 Å². The van der Waals surface area contributed by atoms with Gasteiger partial charge in [-0.1, -0.05) is 11.3 Å². The lowest BCUT2D eigenvalue weighted by Crippen LogP contribution is -2.45. The molecule has 11 heteroatoms. The molecule has 0 unspecified atom stereocenters. The summed E-state index contributed by atoms with van der Waals surface area (Å²) in [5, 5.41) is 3.80. The van der Waals surface area contributed by atoms with Gasteiger partial charge in [0.05, 0.1) is 12.3 Å². The van der Waals surface area contributed by atoms with Crippen molar-refractivity contribution in [2.75, 3.05) is 68.0 Å². The quantitative estimate of drug-likeness (QED) is 0.619. The molecule has 0 radical (unpaired) electrons. The number of rotatable bonds is 6. The fraction of sp³-hybridized carbons (Fsp3) is 0.619. The molecule has 2 aliphatic rings. The second-order valence-corrected chi connectivity index (χ2v) is 9.30. The molecule has 0 amide bonds. The van der Waals surface area contributed by atoms with Crippen molar-refractivity contribution in [2.24, 2.45) is 5.73 Å². The highest BCUT2D eigenvalue weighted by Crippen LogP contribution is 2.29. The summed E-state index contributed by atoms with van der Waals surface area (Å²) in [6.45, 7) is 9.51. The Bertz CT molecular complexity index is 896. The van der Waals surface area contributed by atoms with Gasteiger partial charge in [0.15, 0.2) is 5.13 Å². The lowest BCUT2D eigenvalue weighted by Gasteiger charge is -2.35. The standard InChI is InChI=1S/C21H32N8O2S/c1-4-31-19(30)18-14(2)23-21(32-18)26-20-24-16(28-7-5-15(22)6-8-28)13-17(25-20)29-11-9-27(3)10-12-29/h13,15H,4-12,22H2,1-3H3,(H,23,24,25,26). The molecule has 4 rings (SSSR count). The molecule has 0 aromatic carbocycles. The van der Waals surface area contributed by atoms with Crippen LogP contribution < -0.4 is 20.9 Å². The van der Waals surface area contributed by atoms with E-state index < -0.39 is 0 Å². The highest BCUT2D eigenvalue weighted by molar-refractivity contribution is 7.17. The molecule has 2 saturated heterocycles. The summed E-state index contributed by atoms with van der Waals surface area (Å²) >= 11 is 1.26. The number of aryl methyl sites for hydroxylation is 1. The number of nitrogens with one attached hydrogen (secondary N) is 1. The highest BCUT2D eigenvalue weighted by Gasteiger charge is 2.23. The summed E-state index contributed by atoms with van der Waals surface area (Å²) in [7, 11) is 2.14. The lowest BCUT2D eigenvalue weighted by atomic mass is 10.1. The van der Waals surface area contributed by atoms with Gasteiger partial charge in [-0.15, -0.1) is 0 Å². The minimum atomic E-state index is -0.354. The largest absolute Gasteiger partial charge is 0.462 e. The molecule has 0 aliphatic carbocycles. The van der Waals surface area contributed by atoms with Crippen LogP contribution in [0.5, 0.6) is 0 Å². The Hall–Kier alpha value is -2.50. The molecule has 2 aromatic heterocycles. The lowest BCUT2D eigenvalue weighted by molar-refractivity contribution is 0.0531. The van der Waals surface area contributed by atoms with Crippen LogP contribution in [0.4, 0.5) is 22.7 Å². The third-order valence-corrected chi connectivity index (χ3v) is 6.92. The predicted octanol–water partition coefficient (Wildman–Crippen LogP) is 1.84. The monoisotopic (exact) mass is 460 g/mol. The molecule has 0 spiro atoms. The SMILES string of the molecule is CCOC(=O)c1sc(Nc2nc(N3CCC(N)CC3)cc(N3CCN(C)CC3)n2)nc1C. The Morgan fingerprint density at radius 3 is 2.38 bits per heavy atom. The Morgan fingerprint density at radius 1 is 1.12 bits per heavy atom. The number of carbonyl (C=O) groups excluding carboxylic acids is 1. The van der Waals surface area contributed by atoms with Crippen LogP contribution in [0.2, 0.25) is 0 Å². The van der Waals surface area contributed by atoms with Crippen molar-refractivity contribution in [1.82, 2.24) is 19.9 Å². The molecule has 2 fully saturated rings. The number of anilines is 4. The van der Waals surface area contributed by atoms with Crippen molar-refractivity contribution < 1.29 is 9.53 Å². The summed E-state index contributed by atoms with van der Waals surface area (Å²) < 4.78 is 5.13. The number of ether oxygens (including phenoxy) is 1. The van der Waals surface area contributed by atoms with E-state index in [0.29, 0.717) is 28.3 Å². The van der Waals surface area contributed by atoms with Crippen LogP contribution in [0.3, 0.4) is 0 Å². The molecule has 174 valence electrons. The molecule has 2 aliphatic heterocycles. The van der Waals surface area contributed by atoms with Gasteiger partial charge in [0.2, 0.25) is 5.95 Å². The van der Waals surface area contributed by atoms with Crippen molar-refractivity contribution in [3.63, 3.8) is 0 Å². The molecular formula is C21H32N8O2S. The van der Waals surface area contributed by atoms with Gasteiger partial charge in [0.25, 0.3) is 0 Å². The number of hydrogen-bond acceptors (Lipinski definition) is 11. The Kier molecular flexibility index (Phi) is 7.07. The molecule has 32 heavy (non-hydrogen) atoms. The van der Waals surface area contributed by atoms with Crippen molar-refractivity contribution in [2.45, 2.75) is 32.7 Å². The maximum atomic E-state index is 12.2. The third kappa shape index (κ3) is 5.28. The van der Waals surface area contributed by atoms with Crippen LogP contribution in [0, 0.1) is 6.92 Å². The van der Waals surface area contributed by atoms with E-state index >= 15 is 0 Å². The predicted molar refractivity (Wildman–Crippen MR) is 127 cm³/mol. The maximum absolute atomic E-state index is 12.2. The van der Waals surface area contributed by atoms with Crippen molar-refractivity contribution >= 4 is 40.0 Å². The fourth-order valence-electron chi connectivity index (χ4n) is 3.90. The summed E-state index contributed by atoms with van der Waals surface area (Å²) in [5.41, 5.74) is 6.74. The zero-order valence-corrected chi connectivity index (χ0v) is 19.8. The van der Waals surface area contributed by atoms with E-state index in [4.69, 9.17) is 20.4 Å². The average Bonchev–Trinajstić information content (AvgIpc) is 3.14. The number of piperazine rings is 1. The van der Waals surface area contributed by atoms with Gasteiger partial charge in [-0.25, -0.2) is 9.78 Å². The minimum absolute atomic E-state index is 0.252. The molecule has 4 heterocycles. The van der Waals surface area contributed by atoms with Gasteiger partial charge in [0.1, 0.15) is 16.5 Å². The topological polar surface area (TPSA) is 113 Å². The van der Waals surface area contributed by atoms with E-state index in [0.717, 1.165) is 63.7 Å². The Balaban J connectivity index is 1.60. The van der Waals surface area contributed by atoms with Crippen molar-refractivity contribution in [3.05, 3.63) is 16.6 Å². The van der Waals surface area contributed by atoms with Crippen molar-refractivity contribution in [3.8, 4) is 0 Å². The van der Waals surface area contributed by atoms with Gasteiger partial charge in [0, 0.05) is 51.4 Å². The van der Waals surface area contributed by atoms with Crippen molar-refractivity contribution in [1.29, 1.82) is 0 Å². The number of thiazole rings is 1. The first-order valence-corrected chi connectivity index (χ1v) is 12.0. The number of nitrogens with zero attached hydrogens (tertiary/aromatic N) is 6. The molecule has 10 nitrogen and oxygen atoms in total. The number of likely N-dealkylation sites (N-methyl/N-ethyl adjacent to an activating group) is 1. The van der Waals surface area contributed by atoms with Crippen LogP contribution in [-0.2, 0) is 4.74 Å². The number of esters is 1. The molecular weight excluding hydrogens is 428 g/mol. The first-order valence-electron chi connectivity index (χ1n) is 11.2. The first kappa shape index (κ1) is 22.7. The van der Waals surface area contributed by atoms with E-state index in [9.17, 15) is 4.79 Å². The summed E-state index contributed by atoms with van der Waals surface area (Å²) in [4.78, 5) is 33.6. The fourth-order valence-corrected chi connectivity index (χ4v) is 4.75. The number of nitrogens with two attached hydrogens (primary N) is 1. The van der Waals surface area contributed by atoms with Crippen LogP contribution in [0.25, 0.3) is 0 Å². The number of aromatic nitrogens is 3. The molecule has 3 N–H and O–H groups in total. The minimum Gasteiger partial charge on any atom is -0.462 e. The van der Waals surface area contributed by atoms with Crippen LogP contribution in [0.1, 0.15) is 35.1 Å². The Labute approximate surface area is 192 Å². The summed E-state index contributed by atoms with van der Waals surface area (Å²) in [6, 6.07) is 2.33. The van der Waals surface area contributed by atoms with Gasteiger partial charge >= 0.3 is 5.97 Å². The van der Waals surface area contributed by atoms with Crippen LogP contribution >= 0.6 is 11.3 Å². The van der Waals surface area contributed by atoms with E-state index in [2.05, 4.69) is 38.1 Å². The second-order valence-electron chi connectivity index (χ2n) is 8.30. The zero-order chi connectivity index (χ0) is 22.7. The van der Waals surface area contributed by atoms with E-state index in [-0.39, 0.29) is 12.0 Å². The number of piperidine rings is 1. The normalized spacial score (nSPS) is 18.1. The molecule has 0 atom stereocenters. The number of carbonyl (C=O) groups is 1. The zero-order valence-electron chi connectivity index (χ0n) is 19.0. The van der Waals surface area contributed by atoms with E-state index in [1.54, 1.807) is 13.8 Å². The van der Waals surface area contributed by atoms with E-state index in [1.165, 1.54) is 11.3 Å². The Morgan fingerprint density at radius 2 is 1.75 bits per heavy atom. The highest BCUT2D eigenvalue weighted by atomic mass is 32.1. The van der Waals surface area contributed by atoms with Crippen LogP contribution in [0.15, 0.2) is 6.07 Å². The van der Waals surface area contributed by atoms with E-state index in [1.807, 2.05) is 0 Å². The van der Waals surface area contributed by atoms with Gasteiger partial charge < -0.3 is 25.2 Å². The summed E-state index contributed by atoms with van der Waals surface area (Å²) in [6.07, 6.45) is 1.90. The number of hydrogen-bond donors (Lipinski definition) is 2. The smallest absolute Gasteiger partial charge is 0.350 e. The van der Waals surface area contributed by atoms with Gasteiger partial charge in [-0.2, -0.15) is 9.97 Å². The maximum Gasteiger partial charge on any atom is 0.350 e. The average molecular weight is 461 g/mol. The summed E-state index contributed by atoms with van der Waals surface area (Å²) in [5.74, 6) is 1.92. The van der Waals surface area contributed by atoms with Crippen LogP contribution in [-0.4, -0.2) is 84.8 Å². The van der Waals surface area contributed by atoms with Gasteiger partial charge in [-0.3, -0.25) is 5.32 Å².